The second kappa shape index (κ2) is 5.15. The Bertz CT molecular complexity index is 167. The quantitative estimate of drug-likeness (QED) is 0.595. The van der Waals surface area contributed by atoms with Gasteiger partial charge >= 0.3 is 6.09 Å². The van der Waals surface area contributed by atoms with Crippen LogP contribution in [0.25, 0.3) is 0 Å². The number of hydrogen-bond donors (Lipinski definition) is 0. The molecule has 1 amide bonds. The topological polar surface area (TPSA) is 29.5 Å². The summed E-state index contributed by atoms with van der Waals surface area (Å²) in [5.74, 6) is 0.759. The number of likely N-dealkylation sites (tertiary alicyclic amines) is 1. The number of nitrogens with zero attached hydrogens (tertiary/aromatic N) is 1. The maximum Gasteiger partial charge on any atom is 0.409 e. The van der Waals surface area contributed by atoms with E-state index in [1.165, 1.54) is 0 Å². The summed E-state index contributed by atoms with van der Waals surface area (Å²) >= 11 is 0. The molecule has 13 heavy (non-hydrogen) atoms. The molecule has 1 heterocycles. The number of hydrogen-bond acceptors (Lipinski definition) is 2. The van der Waals surface area contributed by atoms with Crippen LogP contribution in [0.2, 0.25) is 6.32 Å². The second-order valence-electron chi connectivity index (χ2n) is 3.78. The first kappa shape index (κ1) is 10.4. The highest BCUT2D eigenvalue weighted by molar-refractivity contribution is 6.08. The number of piperidine rings is 1. The first-order valence-corrected chi connectivity index (χ1v) is 5.15. The zero-order valence-corrected chi connectivity index (χ0v) is 8.58. The van der Waals surface area contributed by atoms with Gasteiger partial charge in [-0.15, -0.1) is 0 Å². The molecule has 74 valence electrons. The first-order chi connectivity index (χ1) is 6.24. The van der Waals surface area contributed by atoms with E-state index in [4.69, 9.17) is 4.74 Å². The summed E-state index contributed by atoms with van der Waals surface area (Å²) in [6.45, 7) is 4.51. The van der Waals surface area contributed by atoms with Crippen LogP contribution in [0.3, 0.4) is 0 Å². The highest BCUT2D eigenvalue weighted by atomic mass is 16.6. The van der Waals surface area contributed by atoms with E-state index < -0.39 is 0 Å². The van der Waals surface area contributed by atoms with Gasteiger partial charge in [0.15, 0.2) is 0 Å². The van der Waals surface area contributed by atoms with Gasteiger partial charge in [-0.1, -0.05) is 6.92 Å². The molecule has 1 aliphatic rings. The van der Waals surface area contributed by atoms with Crippen molar-refractivity contribution in [1.82, 2.24) is 4.90 Å². The second-order valence-corrected chi connectivity index (χ2v) is 3.78. The van der Waals surface area contributed by atoms with Gasteiger partial charge in [-0.2, -0.15) is 0 Å². The Labute approximate surface area is 80.8 Å². The fourth-order valence-corrected chi connectivity index (χ4v) is 1.47. The normalized spacial score (nSPS) is 18.7. The van der Waals surface area contributed by atoms with Crippen molar-refractivity contribution in [2.75, 3.05) is 19.7 Å². The lowest BCUT2D eigenvalue weighted by molar-refractivity contribution is 0.0935. The number of carbonyl (C=O) groups is 1. The Morgan fingerprint density at radius 2 is 2.15 bits per heavy atom. The van der Waals surface area contributed by atoms with E-state index in [2.05, 4.69) is 6.92 Å². The molecule has 0 aromatic rings. The molecule has 1 aliphatic heterocycles. The lowest BCUT2D eigenvalue weighted by Crippen LogP contribution is -2.38. The SMILES string of the molecule is BCCOC(=O)N1CCC(C)CC1. The van der Waals surface area contributed by atoms with Gasteiger partial charge in [0.25, 0.3) is 0 Å². The summed E-state index contributed by atoms with van der Waals surface area (Å²) in [7, 11) is 2.01. The van der Waals surface area contributed by atoms with Crippen LogP contribution in [-0.4, -0.2) is 38.5 Å². The zero-order chi connectivity index (χ0) is 9.68. The van der Waals surface area contributed by atoms with E-state index in [0.717, 1.165) is 38.2 Å². The molecule has 0 spiro atoms. The Hall–Kier alpha value is -0.665. The third-order valence-corrected chi connectivity index (χ3v) is 2.47. The summed E-state index contributed by atoms with van der Waals surface area (Å²) in [4.78, 5) is 13.2. The Balaban J connectivity index is 2.23. The molecule has 4 heteroatoms. The Kier molecular flexibility index (Phi) is 4.13. The van der Waals surface area contributed by atoms with Crippen molar-refractivity contribution in [3.8, 4) is 0 Å². The van der Waals surface area contributed by atoms with Crippen LogP contribution in [-0.2, 0) is 4.74 Å². The monoisotopic (exact) mass is 183 g/mol. The van der Waals surface area contributed by atoms with E-state index in [0.29, 0.717) is 6.61 Å². The van der Waals surface area contributed by atoms with Crippen molar-refractivity contribution in [3.05, 3.63) is 0 Å². The Morgan fingerprint density at radius 1 is 1.54 bits per heavy atom. The van der Waals surface area contributed by atoms with Gasteiger partial charge in [-0.3, -0.25) is 0 Å². The van der Waals surface area contributed by atoms with E-state index in [1.807, 2.05) is 12.7 Å². The van der Waals surface area contributed by atoms with Crippen LogP contribution < -0.4 is 0 Å². The van der Waals surface area contributed by atoms with Crippen molar-refractivity contribution >= 4 is 13.9 Å². The van der Waals surface area contributed by atoms with Crippen LogP contribution in [0.4, 0.5) is 4.79 Å². The van der Waals surface area contributed by atoms with Gasteiger partial charge in [-0.25, -0.2) is 4.79 Å². The number of carbonyl (C=O) groups excluding carboxylic acids is 1. The summed E-state index contributed by atoms with van der Waals surface area (Å²) in [5.41, 5.74) is 0. The molecule has 0 aromatic carbocycles. The predicted molar refractivity (Wildman–Crippen MR) is 54.7 cm³/mol. The number of amides is 1. The molecule has 1 rings (SSSR count). The number of rotatable bonds is 2. The lowest BCUT2D eigenvalue weighted by Gasteiger charge is -2.29. The van der Waals surface area contributed by atoms with Gasteiger partial charge in [0.05, 0.1) is 6.61 Å². The largest absolute Gasteiger partial charge is 0.450 e. The smallest absolute Gasteiger partial charge is 0.409 e. The van der Waals surface area contributed by atoms with Crippen LogP contribution in [0, 0.1) is 5.92 Å². The molecular weight excluding hydrogens is 165 g/mol. The van der Waals surface area contributed by atoms with Gasteiger partial charge in [0.1, 0.15) is 7.85 Å². The standard InChI is InChI=1S/C9H18BNO2/c1-8-2-5-11(6-3-8)9(12)13-7-4-10/h8H,2-7,10H2,1H3. The van der Waals surface area contributed by atoms with Gasteiger partial charge in [-0.05, 0) is 25.1 Å². The molecular formula is C9H18BNO2. The minimum atomic E-state index is -0.131. The minimum absolute atomic E-state index is 0.131. The number of ether oxygens (including phenoxy) is 1. The third kappa shape index (κ3) is 3.29. The third-order valence-electron chi connectivity index (χ3n) is 2.47. The van der Waals surface area contributed by atoms with E-state index >= 15 is 0 Å². The van der Waals surface area contributed by atoms with Crippen LogP contribution in [0.5, 0.6) is 0 Å². The molecule has 0 aliphatic carbocycles. The first-order valence-electron chi connectivity index (χ1n) is 5.15. The summed E-state index contributed by atoms with van der Waals surface area (Å²) in [6, 6.07) is 0. The summed E-state index contributed by atoms with van der Waals surface area (Å²) < 4.78 is 5.05. The molecule has 0 unspecified atom stereocenters. The van der Waals surface area contributed by atoms with Crippen molar-refractivity contribution in [3.63, 3.8) is 0 Å². The maximum atomic E-state index is 11.4. The summed E-state index contributed by atoms with van der Waals surface area (Å²) in [6.07, 6.45) is 2.99. The van der Waals surface area contributed by atoms with E-state index in [1.54, 1.807) is 0 Å². The fraction of sp³-hybridized carbons (Fsp3) is 0.889. The predicted octanol–water partition coefficient (Wildman–Crippen LogP) is 0.906. The average molecular weight is 183 g/mol. The zero-order valence-electron chi connectivity index (χ0n) is 8.58. The molecule has 1 fully saturated rings. The maximum absolute atomic E-state index is 11.4. The molecule has 0 radical (unpaired) electrons. The molecule has 0 saturated carbocycles. The molecule has 0 bridgehead atoms. The van der Waals surface area contributed by atoms with Crippen molar-refractivity contribution in [1.29, 1.82) is 0 Å². The molecule has 0 aromatic heterocycles. The van der Waals surface area contributed by atoms with Crippen LogP contribution in [0.1, 0.15) is 19.8 Å². The van der Waals surface area contributed by atoms with Crippen LogP contribution >= 0.6 is 0 Å². The van der Waals surface area contributed by atoms with Gasteiger partial charge < -0.3 is 9.64 Å². The lowest BCUT2D eigenvalue weighted by atomic mass is 10.00. The van der Waals surface area contributed by atoms with Crippen molar-refractivity contribution in [2.24, 2.45) is 5.92 Å². The molecule has 0 atom stereocenters. The average Bonchev–Trinajstić information content (AvgIpc) is 2.15. The molecule has 3 nitrogen and oxygen atoms in total. The highest BCUT2D eigenvalue weighted by Crippen LogP contribution is 2.16. The van der Waals surface area contributed by atoms with E-state index in [9.17, 15) is 4.79 Å². The molecule has 1 saturated heterocycles. The summed E-state index contributed by atoms with van der Waals surface area (Å²) in [5, 5.41) is 0. The van der Waals surface area contributed by atoms with E-state index in [-0.39, 0.29) is 6.09 Å². The van der Waals surface area contributed by atoms with Crippen LogP contribution in [0.15, 0.2) is 0 Å². The minimum Gasteiger partial charge on any atom is -0.450 e. The van der Waals surface area contributed by atoms with Crippen molar-refractivity contribution < 1.29 is 9.53 Å². The Morgan fingerprint density at radius 3 is 2.69 bits per heavy atom. The van der Waals surface area contributed by atoms with Gasteiger partial charge in [0.2, 0.25) is 0 Å². The van der Waals surface area contributed by atoms with Crippen molar-refractivity contribution in [2.45, 2.75) is 26.1 Å². The fourth-order valence-electron chi connectivity index (χ4n) is 1.47. The molecule has 0 N–H and O–H groups in total. The highest BCUT2D eigenvalue weighted by Gasteiger charge is 2.20. The van der Waals surface area contributed by atoms with Gasteiger partial charge in [0, 0.05) is 13.1 Å².